The molecule has 146 valence electrons. The zero-order valence-electron chi connectivity index (χ0n) is 16.1. The number of benzene rings is 1. The molecule has 4 rings (SSSR count). The number of fused-ring (bicyclic) bond motifs is 2. The molecule has 6 nitrogen and oxygen atoms in total. The fourth-order valence-electron chi connectivity index (χ4n) is 4.57. The lowest BCUT2D eigenvalue weighted by Crippen LogP contribution is -2.46. The maximum atomic E-state index is 13.4. The van der Waals surface area contributed by atoms with Crippen LogP contribution in [0.5, 0.6) is 5.75 Å². The van der Waals surface area contributed by atoms with Gasteiger partial charge in [0.05, 0.1) is 23.7 Å². The van der Waals surface area contributed by atoms with Crippen LogP contribution in [0.2, 0.25) is 0 Å². The number of ether oxygens (including phenoxy) is 1. The highest BCUT2D eigenvalue weighted by Crippen LogP contribution is 2.44. The lowest BCUT2D eigenvalue weighted by molar-refractivity contribution is 0.184. The molecule has 0 amide bonds. The minimum Gasteiger partial charge on any atom is -0.494 e. The second-order valence-corrected chi connectivity index (χ2v) is 9.55. The van der Waals surface area contributed by atoms with Crippen LogP contribution in [0.4, 0.5) is 0 Å². The molecule has 2 saturated heterocycles. The fraction of sp³-hybridized carbons (Fsp3) is 0.550. The highest BCUT2D eigenvalue weighted by atomic mass is 32.2. The van der Waals surface area contributed by atoms with Crippen LogP contribution in [0, 0.1) is 13.8 Å². The van der Waals surface area contributed by atoms with Crippen molar-refractivity contribution in [1.82, 2.24) is 14.1 Å². The van der Waals surface area contributed by atoms with Crippen LogP contribution in [0.15, 0.2) is 35.5 Å². The first-order valence-corrected chi connectivity index (χ1v) is 11.1. The van der Waals surface area contributed by atoms with Gasteiger partial charge in [0.25, 0.3) is 0 Å². The summed E-state index contributed by atoms with van der Waals surface area (Å²) in [5, 5.41) is 4.46. The number of piperidine rings is 1. The van der Waals surface area contributed by atoms with E-state index in [2.05, 4.69) is 11.3 Å². The average molecular weight is 390 g/mol. The number of rotatable bonds is 5. The van der Waals surface area contributed by atoms with E-state index in [0.717, 1.165) is 42.6 Å². The average Bonchev–Trinajstić information content (AvgIpc) is 3.18. The maximum Gasteiger partial charge on any atom is 0.243 e. The molecule has 0 N–H and O–H groups in total. The van der Waals surface area contributed by atoms with E-state index in [9.17, 15) is 8.42 Å². The molecule has 0 spiro atoms. The maximum absolute atomic E-state index is 13.4. The first-order valence-electron chi connectivity index (χ1n) is 9.68. The van der Waals surface area contributed by atoms with Gasteiger partial charge in [0.1, 0.15) is 5.75 Å². The highest BCUT2D eigenvalue weighted by Gasteiger charge is 2.47. The van der Waals surface area contributed by atoms with Crippen LogP contribution in [-0.2, 0) is 10.0 Å². The Bertz CT molecular complexity index is 924. The summed E-state index contributed by atoms with van der Waals surface area (Å²) < 4.78 is 36.1. The summed E-state index contributed by atoms with van der Waals surface area (Å²) in [7, 11) is -3.50. The molecule has 3 heterocycles. The van der Waals surface area contributed by atoms with E-state index >= 15 is 0 Å². The van der Waals surface area contributed by atoms with Gasteiger partial charge in [-0.15, -0.1) is 0 Å². The molecule has 1 aromatic carbocycles. The molecule has 1 aromatic heterocycles. The van der Waals surface area contributed by atoms with Crippen LogP contribution >= 0.6 is 0 Å². The molecule has 2 atom stereocenters. The zero-order valence-corrected chi connectivity index (χ0v) is 16.9. The fourth-order valence-corrected chi connectivity index (χ4v) is 6.55. The molecule has 2 unspecified atom stereocenters. The van der Waals surface area contributed by atoms with Crippen molar-refractivity contribution in [2.75, 3.05) is 6.61 Å². The smallest absolute Gasteiger partial charge is 0.243 e. The summed E-state index contributed by atoms with van der Waals surface area (Å²) in [5.74, 6) is 0.743. The molecule has 0 radical (unpaired) electrons. The van der Waals surface area contributed by atoms with Crippen molar-refractivity contribution in [2.45, 2.75) is 69.5 Å². The first-order chi connectivity index (χ1) is 12.9. The SMILES string of the molecule is CCOc1ccc(S(=O)(=O)N2C3CCC2CC(n2cc(C)cn2)C3)cc1C. The van der Waals surface area contributed by atoms with Crippen molar-refractivity contribution in [2.24, 2.45) is 0 Å². The van der Waals surface area contributed by atoms with Gasteiger partial charge in [-0.2, -0.15) is 9.40 Å². The molecule has 2 fully saturated rings. The van der Waals surface area contributed by atoms with Crippen LogP contribution < -0.4 is 4.74 Å². The Morgan fingerprint density at radius 1 is 1.15 bits per heavy atom. The number of nitrogens with zero attached hydrogens (tertiary/aromatic N) is 3. The predicted molar refractivity (Wildman–Crippen MR) is 103 cm³/mol. The van der Waals surface area contributed by atoms with Crippen LogP contribution in [0.3, 0.4) is 0 Å². The first kappa shape index (κ1) is 18.5. The van der Waals surface area contributed by atoms with Gasteiger partial charge in [-0.1, -0.05) is 0 Å². The number of aryl methyl sites for hydroxylation is 2. The van der Waals surface area contributed by atoms with E-state index in [-0.39, 0.29) is 18.1 Å². The van der Waals surface area contributed by atoms with E-state index < -0.39 is 10.0 Å². The van der Waals surface area contributed by atoms with Gasteiger partial charge < -0.3 is 4.74 Å². The van der Waals surface area contributed by atoms with Crippen molar-refractivity contribution in [3.63, 3.8) is 0 Å². The van der Waals surface area contributed by atoms with Crippen molar-refractivity contribution in [3.05, 3.63) is 41.7 Å². The Labute approximate surface area is 161 Å². The molecule has 2 aliphatic heterocycles. The van der Waals surface area contributed by atoms with Gasteiger partial charge in [0, 0.05) is 18.3 Å². The van der Waals surface area contributed by atoms with Gasteiger partial charge in [0.2, 0.25) is 10.0 Å². The van der Waals surface area contributed by atoms with Crippen molar-refractivity contribution < 1.29 is 13.2 Å². The van der Waals surface area contributed by atoms with E-state index in [1.807, 2.05) is 31.6 Å². The summed E-state index contributed by atoms with van der Waals surface area (Å²) in [6.45, 7) is 6.42. The number of hydrogen-bond donors (Lipinski definition) is 0. The summed E-state index contributed by atoms with van der Waals surface area (Å²) in [5.41, 5.74) is 1.99. The molecule has 2 aromatic rings. The van der Waals surface area contributed by atoms with Crippen LogP contribution in [0.25, 0.3) is 0 Å². The molecule has 7 heteroatoms. The van der Waals surface area contributed by atoms with E-state index in [1.54, 1.807) is 22.5 Å². The summed E-state index contributed by atoms with van der Waals surface area (Å²) in [6, 6.07) is 5.57. The van der Waals surface area contributed by atoms with Crippen molar-refractivity contribution in [1.29, 1.82) is 0 Å². The van der Waals surface area contributed by atoms with Crippen molar-refractivity contribution in [3.8, 4) is 5.75 Å². The molecule has 2 aliphatic rings. The molecule has 0 saturated carbocycles. The Kier molecular flexibility index (Phi) is 4.76. The molecular formula is C20H27N3O3S. The molecule has 0 aliphatic carbocycles. The summed E-state index contributed by atoms with van der Waals surface area (Å²) >= 11 is 0. The second kappa shape index (κ2) is 6.95. The molecular weight excluding hydrogens is 362 g/mol. The van der Waals surface area contributed by atoms with Crippen LogP contribution in [0.1, 0.15) is 49.8 Å². The third-order valence-corrected chi connectivity index (χ3v) is 7.77. The second-order valence-electron chi connectivity index (χ2n) is 7.70. The zero-order chi connectivity index (χ0) is 19.2. The third-order valence-electron chi connectivity index (χ3n) is 5.77. The largest absolute Gasteiger partial charge is 0.494 e. The van der Waals surface area contributed by atoms with Gasteiger partial charge >= 0.3 is 0 Å². The standard InChI is InChI=1S/C20H27N3O3S/c1-4-26-20-8-7-19(9-15(20)3)27(24,25)23-16-5-6-17(23)11-18(10-16)22-13-14(2)12-21-22/h7-9,12-13,16-18H,4-6,10-11H2,1-3H3. The number of sulfonamides is 1. The Morgan fingerprint density at radius 2 is 1.85 bits per heavy atom. The lowest BCUT2D eigenvalue weighted by atomic mass is 10.00. The number of aromatic nitrogens is 2. The number of hydrogen-bond acceptors (Lipinski definition) is 4. The minimum absolute atomic E-state index is 0.0510. The van der Waals surface area contributed by atoms with E-state index in [4.69, 9.17) is 4.74 Å². The normalized spacial score (nSPS) is 25.7. The quantitative estimate of drug-likeness (QED) is 0.786. The highest BCUT2D eigenvalue weighted by molar-refractivity contribution is 7.89. The minimum atomic E-state index is -3.50. The Balaban J connectivity index is 1.59. The lowest BCUT2D eigenvalue weighted by Gasteiger charge is -2.38. The van der Waals surface area contributed by atoms with E-state index in [1.165, 1.54) is 0 Å². The Hall–Kier alpha value is -1.86. The van der Waals surface area contributed by atoms with Gasteiger partial charge in [0.15, 0.2) is 0 Å². The summed E-state index contributed by atoms with van der Waals surface area (Å²) in [6.07, 6.45) is 7.44. The summed E-state index contributed by atoms with van der Waals surface area (Å²) in [4.78, 5) is 0.369. The predicted octanol–water partition coefficient (Wildman–Crippen LogP) is 3.46. The van der Waals surface area contributed by atoms with Gasteiger partial charge in [-0.05, 0) is 75.8 Å². The molecule has 2 bridgehead atoms. The topological polar surface area (TPSA) is 64.4 Å². The third kappa shape index (κ3) is 3.27. The monoisotopic (exact) mass is 389 g/mol. The van der Waals surface area contributed by atoms with Gasteiger partial charge in [-0.3, -0.25) is 4.68 Å². The molecule has 27 heavy (non-hydrogen) atoms. The van der Waals surface area contributed by atoms with Gasteiger partial charge in [-0.25, -0.2) is 8.42 Å². The van der Waals surface area contributed by atoms with E-state index in [0.29, 0.717) is 11.5 Å². The van der Waals surface area contributed by atoms with Crippen molar-refractivity contribution >= 4 is 10.0 Å². The Morgan fingerprint density at radius 3 is 2.41 bits per heavy atom. The van der Waals surface area contributed by atoms with Crippen LogP contribution in [-0.4, -0.2) is 41.2 Å².